The number of aromatic nitrogens is 2. The molecule has 0 aliphatic rings. The molecule has 1 heterocycles. The number of hydrogen-bond acceptors (Lipinski definition) is 3. The lowest BCUT2D eigenvalue weighted by molar-refractivity contribution is 0.111. The second kappa shape index (κ2) is 5.97. The van der Waals surface area contributed by atoms with Crippen LogP contribution in [0.15, 0.2) is 18.2 Å². The molecular weight excluding hydrogens is 272 g/mol. The molecule has 1 aromatic heterocycles. The van der Waals surface area contributed by atoms with Crippen LogP contribution in [-0.2, 0) is 10.3 Å². The van der Waals surface area contributed by atoms with E-state index in [1.165, 1.54) is 0 Å². The van der Waals surface area contributed by atoms with Gasteiger partial charge in [-0.15, -0.1) is 0 Å². The number of imidazole rings is 1. The molecule has 0 radical (unpaired) electrons. The molecule has 0 amide bonds. The summed E-state index contributed by atoms with van der Waals surface area (Å²) in [5.41, 5.74) is 1.79. The van der Waals surface area contributed by atoms with E-state index in [0.29, 0.717) is 18.0 Å². The Hall–Kier alpha value is -1.33. The molecule has 20 heavy (non-hydrogen) atoms. The average molecular weight is 294 g/mol. The highest BCUT2D eigenvalue weighted by Gasteiger charge is 2.24. The molecule has 1 aromatic carbocycles. The minimum Gasteiger partial charge on any atom is -0.491 e. The molecule has 0 unspecified atom stereocenters. The molecular formula is C15H22N2O2S. The van der Waals surface area contributed by atoms with E-state index in [1.54, 1.807) is 7.11 Å². The predicted octanol–water partition coefficient (Wildman–Crippen LogP) is 3.87. The molecule has 5 heteroatoms. The number of para-hydroxylation sites is 1. The van der Waals surface area contributed by atoms with Crippen LogP contribution in [-0.4, -0.2) is 29.9 Å². The summed E-state index contributed by atoms with van der Waals surface area (Å²) < 4.78 is 13.9. The molecule has 110 valence electrons. The summed E-state index contributed by atoms with van der Waals surface area (Å²) in [5.74, 6) is 0.849. The van der Waals surface area contributed by atoms with Gasteiger partial charge in [0.1, 0.15) is 11.3 Å². The molecule has 2 rings (SSSR count). The standard InChI is InChI=1S/C15H22N2O2S/c1-5-9-19-12-8-6-7-11-13(12)16-14(20)17(11)15(2,3)10-18-4/h6-8H,5,9-10H2,1-4H3,(H,16,20). The van der Waals surface area contributed by atoms with Crippen molar-refractivity contribution in [3.63, 3.8) is 0 Å². The molecule has 0 aliphatic carbocycles. The summed E-state index contributed by atoms with van der Waals surface area (Å²) in [7, 11) is 1.70. The maximum Gasteiger partial charge on any atom is 0.178 e. The van der Waals surface area contributed by atoms with E-state index in [9.17, 15) is 0 Å². The summed E-state index contributed by atoms with van der Waals surface area (Å²) >= 11 is 5.48. The third kappa shape index (κ3) is 2.74. The summed E-state index contributed by atoms with van der Waals surface area (Å²) in [6.07, 6.45) is 0.979. The van der Waals surface area contributed by atoms with Crippen LogP contribution in [0.1, 0.15) is 27.2 Å². The molecule has 0 fully saturated rings. The first-order valence-corrected chi connectivity index (χ1v) is 7.28. The number of ether oxygens (including phenoxy) is 2. The molecule has 0 atom stereocenters. The van der Waals surface area contributed by atoms with E-state index in [1.807, 2.05) is 12.1 Å². The van der Waals surface area contributed by atoms with Crippen molar-refractivity contribution in [3.05, 3.63) is 23.0 Å². The van der Waals surface area contributed by atoms with E-state index in [0.717, 1.165) is 23.2 Å². The molecule has 0 aliphatic heterocycles. The maximum absolute atomic E-state index is 5.79. The van der Waals surface area contributed by atoms with Crippen LogP contribution in [0, 0.1) is 4.77 Å². The smallest absolute Gasteiger partial charge is 0.178 e. The second-order valence-electron chi connectivity index (χ2n) is 5.51. The first kappa shape index (κ1) is 15.1. The van der Waals surface area contributed by atoms with Gasteiger partial charge in [0.25, 0.3) is 0 Å². The number of aromatic amines is 1. The van der Waals surface area contributed by atoms with E-state index in [2.05, 4.69) is 36.4 Å². The van der Waals surface area contributed by atoms with Crippen molar-refractivity contribution in [2.45, 2.75) is 32.7 Å². The number of nitrogens with zero attached hydrogens (tertiary/aromatic N) is 1. The molecule has 1 N–H and O–H groups in total. The van der Waals surface area contributed by atoms with Crippen molar-refractivity contribution < 1.29 is 9.47 Å². The van der Waals surface area contributed by atoms with Crippen molar-refractivity contribution in [1.82, 2.24) is 9.55 Å². The van der Waals surface area contributed by atoms with E-state index >= 15 is 0 Å². The van der Waals surface area contributed by atoms with Gasteiger partial charge in [0.2, 0.25) is 0 Å². The van der Waals surface area contributed by atoms with Gasteiger partial charge >= 0.3 is 0 Å². The molecule has 2 aromatic rings. The van der Waals surface area contributed by atoms with Crippen molar-refractivity contribution in [1.29, 1.82) is 0 Å². The van der Waals surface area contributed by atoms with Gasteiger partial charge in [0, 0.05) is 7.11 Å². The van der Waals surface area contributed by atoms with Crippen molar-refractivity contribution in [2.75, 3.05) is 20.3 Å². The van der Waals surface area contributed by atoms with Gasteiger partial charge in [-0.3, -0.25) is 0 Å². The minimum absolute atomic E-state index is 0.215. The van der Waals surface area contributed by atoms with E-state index < -0.39 is 0 Å². The van der Waals surface area contributed by atoms with Gasteiger partial charge in [0.15, 0.2) is 4.77 Å². The third-order valence-corrected chi connectivity index (χ3v) is 3.53. The number of H-pyrrole nitrogens is 1. The highest BCUT2D eigenvalue weighted by Crippen LogP contribution is 2.29. The van der Waals surface area contributed by atoms with Crippen LogP contribution < -0.4 is 4.74 Å². The number of hydrogen-bond donors (Lipinski definition) is 1. The lowest BCUT2D eigenvalue weighted by atomic mass is 10.1. The van der Waals surface area contributed by atoms with Crippen LogP contribution in [0.2, 0.25) is 0 Å². The number of fused-ring (bicyclic) bond motifs is 1. The van der Waals surface area contributed by atoms with Crippen LogP contribution in [0.3, 0.4) is 0 Å². The Morgan fingerprint density at radius 2 is 2.10 bits per heavy atom. The van der Waals surface area contributed by atoms with Gasteiger partial charge in [-0.25, -0.2) is 0 Å². The normalized spacial score (nSPS) is 12.0. The fraction of sp³-hybridized carbons (Fsp3) is 0.533. The topological polar surface area (TPSA) is 39.2 Å². The first-order chi connectivity index (χ1) is 9.51. The molecule has 0 spiro atoms. The summed E-state index contributed by atoms with van der Waals surface area (Å²) in [6, 6.07) is 6.02. The van der Waals surface area contributed by atoms with Crippen LogP contribution >= 0.6 is 12.2 Å². The Morgan fingerprint density at radius 1 is 1.35 bits per heavy atom. The van der Waals surface area contributed by atoms with E-state index in [-0.39, 0.29) is 5.54 Å². The zero-order chi connectivity index (χ0) is 14.8. The Labute approximate surface area is 124 Å². The quantitative estimate of drug-likeness (QED) is 0.822. The molecule has 0 saturated heterocycles. The van der Waals surface area contributed by atoms with Crippen molar-refractivity contribution >= 4 is 23.3 Å². The monoisotopic (exact) mass is 294 g/mol. The zero-order valence-electron chi connectivity index (χ0n) is 12.5. The van der Waals surface area contributed by atoms with Crippen molar-refractivity contribution in [2.24, 2.45) is 0 Å². The Kier molecular flexibility index (Phi) is 4.50. The first-order valence-electron chi connectivity index (χ1n) is 6.87. The van der Waals surface area contributed by atoms with Gasteiger partial charge in [-0.2, -0.15) is 0 Å². The predicted molar refractivity (Wildman–Crippen MR) is 84.1 cm³/mol. The minimum atomic E-state index is -0.215. The van der Waals surface area contributed by atoms with Gasteiger partial charge < -0.3 is 19.0 Å². The van der Waals surface area contributed by atoms with Crippen LogP contribution in [0.5, 0.6) is 5.75 Å². The Balaban J connectivity index is 2.58. The van der Waals surface area contributed by atoms with Gasteiger partial charge in [-0.05, 0) is 44.6 Å². The Morgan fingerprint density at radius 3 is 2.75 bits per heavy atom. The lowest BCUT2D eigenvalue weighted by Crippen LogP contribution is -2.31. The Bertz CT molecular complexity index is 643. The largest absolute Gasteiger partial charge is 0.491 e. The maximum atomic E-state index is 5.79. The fourth-order valence-corrected chi connectivity index (χ4v) is 2.90. The third-order valence-electron chi connectivity index (χ3n) is 3.24. The van der Waals surface area contributed by atoms with Crippen molar-refractivity contribution in [3.8, 4) is 5.75 Å². The molecule has 0 saturated carbocycles. The number of benzene rings is 1. The zero-order valence-corrected chi connectivity index (χ0v) is 13.3. The van der Waals surface area contributed by atoms with Crippen LogP contribution in [0.4, 0.5) is 0 Å². The number of rotatable bonds is 6. The highest BCUT2D eigenvalue weighted by atomic mass is 32.1. The molecule has 0 bridgehead atoms. The van der Waals surface area contributed by atoms with Gasteiger partial charge in [0.05, 0.1) is 24.3 Å². The second-order valence-corrected chi connectivity index (χ2v) is 5.90. The lowest BCUT2D eigenvalue weighted by Gasteiger charge is -2.26. The van der Waals surface area contributed by atoms with Crippen LogP contribution in [0.25, 0.3) is 11.0 Å². The van der Waals surface area contributed by atoms with Gasteiger partial charge in [-0.1, -0.05) is 13.0 Å². The summed E-state index contributed by atoms with van der Waals surface area (Å²) in [6.45, 7) is 7.61. The number of methoxy groups -OCH3 is 1. The summed E-state index contributed by atoms with van der Waals surface area (Å²) in [4.78, 5) is 3.27. The highest BCUT2D eigenvalue weighted by molar-refractivity contribution is 7.71. The summed E-state index contributed by atoms with van der Waals surface area (Å²) in [5, 5.41) is 0. The molecule has 4 nitrogen and oxygen atoms in total. The number of nitrogens with one attached hydrogen (secondary N) is 1. The SMILES string of the molecule is CCCOc1cccc2c1[nH]c(=S)n2C(C)(C)COC. The van der Waals surface area contributed by atoms with E-state index in [4.69, 9.17) is 21.7 Å². The average Bonchev–Trinajstić information content (AvgIpc) is 2.73. The fourth-order valence-electron chi connectivity index (χ4n) is 2.45.